The molecule has 4 atom stereocenters. The third-order valence-corrected chi connectivity index (χ3v) is 8.84. The zero-order valence-electron chi connectivity index (χ0n) is 19.0. The van der Waals surface area contributed by atoms with Crippen LogP contribution in [0.5, 0.6) is 0 Å². The highest BCUT2D eigenvalue weighted by Crippen LogP contribution is 2.49. The number of nitrogens with zero attached hydrogens (tertiary/aromatic N) is 2. The monoisotopic (exact) mass is 480 g/mol. The molecule has 2 bridgehead atoms. The lowest BCUT2D eigenvalue weighted by atomic mass is 9.84. The Morgan fingerprint density at radius 2 is 1.88 bits per heavy atom. The number of nitrogens with one attached hydrogen (secondary N) is 2. The summed E-state index contributed by atoms with van der Waals surface area (Å²) >= 11 is 0. The molecule has 1 aromatic heterocycles. The Kier molecular flexibility index (Phi) is 5.99. The fourth-order valence-electron chi connectivity index (χ4n) is 5.60. The van der Waals surface area contributed by atoms with Crippen LogP contribution in [-0.2, 0) is 21.4 Å². The summed E-state index contributed by atoms with van der Waals surface area (Å²) < 4.78 is 29.9. The molecule has 178 valence electrons. The third-order valence-electron chi connectivity index (χ3n) is 7.27. The van der Waals surface area contributed by atoms with Gasteiger partial charge >= 0.3 is 0 Å². The number of aromatic nitrogens is 2. The molecular weight excluding hydrogens is 452 g/mol. The van der Waals surface area contributed by atoms with Crippen LogP contribution >= 0.6 is 0 Å². The van der Waals surface area contributed by atoms with E-state index in [9.17, 15) is 18.0 Å². The summed E-state index contributed by atoms with van der Waals surface area (Å²) in [5, 5.41) is 3.15. The molecule has 8 nitrogen and oxygen atoms in total. The minimum atomic E-state index is -3.65. The van der Waals surface area contributed by atoms with Gasteiger partial charge in [0.1, 0.15) is 6.54 Å². The number of fused-ring (bicyclic) bond motifs is 3. The van der Waals surface area contributed by atoms with Gasteiger partial charge in [-0.3, -0.25) is 14.2 Å². The smallest absolute Gasteiger partial charge is 0.261 e. The molecule has 0 aliphatic heterocycles. The van der Waals surface area contributed by atoms with Crippen molar-refractivity contribution < 1.29 is 13.2 Å². The van der Waals surface area contributed by atoms with Crippen LogP contribution in [0.3, 0.4) is 0 Å². The lowest BCUT2D eigenvalue weighted by molar-refractivity contribution is -0.116. The van der Waals surface area contributed by atoms with Crippen LogP contribution in [-0.4, -0.2) is 29.9 Å². The number of hydrogen-bond acceptors (Lipinski definition) is 5. The van der Waals surface area contributed by atoms with E-state index >= 15 is 0 Å². The Hall–Kier alpha value is -3.04. The molecule has 2 aromatic carbocycles. The summed E-state index contributed by atoms with van der Waals surface area (Å²) in [6.45, 7) is 1.76. The predicted molar refractivity (Wildman–Crippen MR) is 130 cm³/mol. The average Bonchev–Trinajstić information content (AvgIpc) is 3.45. The van der Waals surface area contributed by atoms with Crippen LogP contribution in [0.2, 0.25) is 0 Å². The van der Waals surface area contributed by atoms with Gasteiger partial charge in [-0.25, -0.2) is 18.1 Å². The number of sulfonamides is 1. The maximum absolute atomic E-state index is 12.9. The van der Waals surface area contributed by atoms with Gasteiger partial charge in [0, 0.05) is 11.7 Å². The number of carbonyl (C=O) groups is 1. The predicted octanol–water partition coefficient (Wildman–Crippen LogP) is 3.14. The normalized spacial score (nSPS) is 22.7. The first kappa shape index (κ1) is 22.7. The van der Waals surface area contributed by atoms with Crippen molar-refractivity contribution in [1.29, 1.82) is 0 Å². The molecule has 34 heavy (non-hydrogen) atoms. The van der Waals surface area contributed by atoms with Gasteiger partial charge in [-0.05, 0) is 80.3 Å². The van der Waals surface area contributed by atoms with E-state index in [1.165, 1.54) is 42.3 Å². The molecular formula is C25H28N4O4S. The van der Waals surface area contributed by atoms with Crippen molar-refractivity contribution in [3.05, 3.63) is 65.2 Å². The number of benzene rings is 2. The van der Waals surface area contributed by atoms with E-state index in [1.807, 2.05) is 6.92 Å². The van der Waals surface area contributed by atoms with Gasteiger partial charge in [-0.15, -0.1) is 0 Å². The van der Waals surface area contributed by atoms with Crippen molar-refractivity contribution in [2.75, 3.05) is 5.32 Å². The van der Waals surface area contributed by atoms with Crippen LogP contribution in [0.1, 0.15) is 32.6 Å². The van der Waals surface area contributed by atoms with Gasteiger partial charge in [-0.1, -0.05) is 18.6 Å². The first-order chi connectivity index (χ1) is 16.3. The number of carbonyl (C=O) groups excluding carboxylic acids is 1. The van der Waals surface area contributed by atoms with Crippen LogP contribution in [0.4, 0.5) is 5.69 Å². The molecule has 5 rings (SSSR count). The van der Waals surface area contributed by atoms with Gasteiger partial charge in [-0.2, -0.15) is 0 Å². The number of para-hydroxylation sites is 1. The van der Waals surface area contributed by atoms with E-state index in [2.05, 4.69) is 15.0 Å². The van der Waals surface area contributed by atoms with Crippen molar-refractivity contribution in [2.24, 2.45) is 17.8 Å². The first-order valence-electron chi connectivity index (χ1n) is 11.7. The second-order valence-corrected chi connectivity index (χ2v) is 11.2. The van der Waals surface area contributed by atoms with Crippen molar-refractivity contribution in [3.63, 3.8) is 0 Å². The second kappa shape index (κ2) is 8.96. The molecule has 0 spiro atoms. The minimum absolute atomic E-state index is 0.103. The number of rotatable bonds is 7. The summed E-state index contributed by atoms with van der Waals surface area (Å²) in [5.41, 5.74) is 0.731. The van der Waals surface area contributed by atoms with Crippen LogP contribution in [0.25, 0.3) is 10.9 Å². The maximum Gasteiger partial charge on any atom is 0.261 e. The standard InChI is InChI=1S/C25H28N4O4S/c1-16(22-13-17-6-7-18(22)12-17)28-34(32,33)20-10-8-19(9-11-20)27-24(30)14-29-15-26-23-5-3-2-4-21(23)25(29)31/h2-5,8-11,15-18,22,28H,6-7,12-14H2,1H3,(H,27,30). The quantitative estimate of drug-likeness (QED) is 0.540. The Morgan fingerprint density at radius 1 is 1.12 bits per heavy atom. The lowest BCUT2D eigenvalue weighted by Gasteiger charge is -2.28. The Labute approximate surface area is 198 Å². The molecule has 2 aliphatic carbocycles. The largest absolute Gasteiger partial charge is 0.325 e. The molecule has 2 aliphatic rings. The molecule has 2 fully saturated rings. The van der Waals surface area contributed by atoms with Gasteiger partial charge in [0.15, 0.2) is 0 Å². The topological polar surface area (TPSA) is 110 Å². The zero-order chi connectivity index (χ0) is 23.9. The molecule has 9 heteroatoms. The highest BCUT2D eigenvalue weighted by molar-refractivity contribution is 7.89. The van der Waals surface area contributed by atoms with E-state index in [4.69, 9.17) is 0 Å². The van der Waals surface area contributed by atoms with Gasteiger partial charge in [0.05, 0.1) is 22.1 Å². The average molecular weight is 481 g/mol. The molecule has 1 heterocycles. The molecule has 2 N–H and O–H groups in total. The van der Waals surface area contributed by atoms with Crippen molar-refractivity contribution in [3.8, 4) is 0 Å². The number of hydrogen-bond donors (Lipinski definition) is 2. The maximum atomic E-state index is 12.9. The van der Waals surface area contributed by atoms with Crippen molar-refractivity contribution in [2.45, 2.75) is 50.1 Å². The van der Waals surface area contributed by atoms with Gasteiger partial charge < -0.3 is 5.32 Å². The Morgan fingerprint density at radius 3 is 2.59 bits per heavy atom. The fourth-order valence-corrected chi connectivity index (χ4v) is 6.89. The van der Waals surface area contributed by atoms with E-state index in [-0.39, 0.29) is 23.0 Å². The summed E-state index contributed by atoms with van der Waals surface area (Å²) in [7, 11) is -3.65. The summed E-state index contributed by atoms with van der Waals surface area (Å²) in [6, 6.07) is 12.9. The zero-order valence-corrected chi connectivity index (χ0v) is 19.8. The van der Waals surface area contributed by atoms with Crippen LogP contribution < -0.4 is 15.6 Å². The summed E-state index contributed by atoms with van der Waals surface area (Å²) in [5.74, 6) is 1.38. The van der Waals surface area contributed by atoms with E-state index < -0.39 is 15.9 Å². The van der Waals surface area contributed by atoms with Crippen molar-refractivity contribution in [1.82, 2.24) is 14.3 Å². The second-order valence-electron chi connectivity index (χ2n) is 9.52. The lowest BCUT2D eigenvalue weighted by Crippen LogP contribution is -2.40. The van der Waals surface area contributed by atoms with Crippen LogP contribution in [0.15, 0.2) is 64.5 Å². The third kappa shape index (κ3) is 4.50. The summed E-state index contributed by atoms with van der Waals surface area (Å²) in [4.78, 5) is 29.4. The highest BCUT2D eigenvalue weighted by Gasteiger charge is 2.42. The summed E-state index contributed by atoms with van der Waals surface area (Å²) in [6.07, 6.45) is 6.17. The minimum Gasteiger partial charge on any atom is -0.325 e. The SMILES string of the molecule is CC(NS(=O)(=O)c1ccc(NC(=O)Cn2cnc3ccccc3c2=O)cc1)C1CC2CCC1C2. The number of anilines is 1. The molecule has 0 radical (unpaired) electrons. The fraction of sp³-hybridized carbons (Fsp3) is 0.400. The van der Waals surface area contributed by atoms with E-state index in [1.54, 1.807) is 36.4 Å². The van der Waals surface area contributed by atoms with Gasteiger partial charge in [0.2, 0.25) is 15.9 Å². The highest BCUT2D eigenvalue weighted by atomic mass is 32.2. The molecule has 1 amide bonds. The van der Waals surface area contributed by atoms with Gasteiger partial charge in [0.25, 0.3) is 5.56 Å². The van der Waals surface area contributed by atoms with Crippen molar-refractivity contribution >= 4 is 32.5 Å². The number of amides is 1. The van der Waals surface area contributed by atoms with E-state index in [0.29, 0.717) is 28.4 Å². The molecule has 0 saturated heterocycles. The Bertz CT molecular complexity index is 1380. The Balaban J connectivity index is 1.22. The first-order valence-corrected chi connectivity index (χ1v) is 13.1. The van der Waals surface area contributed by atoms with E-state index in [0.717, 1.165) is 12.3 Å². The molecule has 2 saturated carbocycles. The molecule has 4 unspecified atom stereocenters. The molecule has 3 aromatic rings. The van der Waals surface area contributed by atoms with Crippen LogP contribution in [0, 0.1) is 17.8 Å².